The number of halogens is 2. The second-order valence-corrected chi connectivity index (χ2v) is 8.21. The molecule has 1 saturated heterocycles. The van der Waals surface area contributed by atoms with Crippen molar-refractivity contribution in [2.75, 3.05) is 4.72 Å². The molecular formula is C16H15BClFN2O4S. The molecule has 6 nitrogen and oxygen atoms in total. The van der Waals surface area contributed by atoms with Gasteiger partial charge in [0, 0.05) is 11.7 Å². The number of anilines is 1. The molecule has 0 amide bonds. The highest BCUT2D eigenvalue weighted by Crippen LogP contribution is 2.30. The van der Waals surface area contributed by atoms with Gasteiger partial charge in [-0.25, -0.2) is 17.8 Å². The van der Waals surface area contributed by atoms with Crippen LogP contribution in [0, 0.1) is 5.82 Å². The molecule has 1 N–H and O–H groups in total. The molecule has 0 saturated carbocycles. The smallest absolute Gasteiger partial charge is 0.534 e. The van der Waals surface area contributed by atoms with Crippen LogP contribution in [0.3, 0.4) is 0 Å². The fourth-order valence-corrected chi connectivity index (χ4v) is 3.51. The minimum atomic E-state index is -3.97. The number of hydrogen-bond acceptors (Lipinski definition) is 5. The Morgan fingerprint density at radius 2 is 1.96 bits per heavy atom. The lowest BCUT2D eigenvalue weighted by molar-refractivity contribution is 0.173. The van der Waals surface area contributed by atoms with Crippen LogP contribution in [-0.4, -0.2) is 26.1 Å². The number of aromatic nitrogens is 1. The lowest BCUT2D eigenvalue weighted by Crippen LogP contribution is -2.35. The second kappa shape index (κ2) is 6.57. The van der Waals surface area contributed by atoms with E-state index in [1.807, 2.05) is 0 Å². The average Bonchev–Trinajstić information content (AvgIpc) is 2.83. The maximum atomic E-state index is 13.0. The summed E-state index contributed by atoms with van der Waals surface area (Å²) in [4.78, 5) is 3.87. The van der Waals surface area contributed by atoms with Crippen LogP contribution in [0.2, 0.25) is 5.15 Å². The molecule has 0 aliphatic carbocycles. The molecule has 1 aromatic heterocycles. The predicted octanol–water partition coefficient (Wildman–Crippen LogP) is 2.71. The fourth-order valence-electron chi connectivity index (χ4n) is 2.25. The highest BCUT2D eigenvalue weighted by molar-refractivity contribution is 7.92. The van der Waals surface area contributed by atoms with Crippen LogP contribution >= 0.6 is 11.6 Å². The number of benzene rings is 1. The Balaban J connectivity index is 1.89. The normalized spacial score (nSPS) is 16.5. The van der Waals surface area contributed by atoms with Gasteiger partial charge in [-0.2, -0.15) is 0 Å². The summed E-state index contributed by atoms with van der Waals surface area (Å²) in [6.45, 7) is 7.40. The zero-order chi connectivity index (χ0) is 19.1. The summed E-state index contributed by atoms with van der Waals surface area (Å²) in [7, 11) is -4.75. The van der Waals surface area contributed by atoms with E-state index in [1.54, 1.807) is 13.8 Å². The van der Waals surface area contributed by atoms with Gasteiger partial charge < -0.3 is 9.31 Å². The van der Waals surface area contributed by atoms with Crippen LogP contribution in [0.1, 0.15) is 13.8 Å². The van der Waals surface area contributed by atoms with Gasteiger partial charge in [0.05, 0.1) is 16.3 Å². The monoisotopic (exact) mass is 396 g/mol. The number of nitrogens with zero attached hydrogens (tertiary/aromatic N) is 1. The number of hydrogen-bond donors (Lipinski definition) is 1. The van der Waals surface area contributed by atoms with Gasteiger partial charge >= 0.3 is 7.12 Å². The maximum Gasteiger partial charge on any atom is 0.565 e. The first-order valence-corrected chi connectivity index (χ1v) is 9.42. The first-order chi connectivity index (χ1) is 12.1. The van der Waals surface area contributed by atoms with Crippen LogP contribution in [0.4, 0.5) is 10.1 Å². The van der Waals surface area contributed by atoms with Crippen molar-refractivity contribution in [2.24, 2.45) is 0 Å². The molecule has 0 spiro atoms. The standard InChI is InChI=1S/C16H15BClFN2O4S/c1-10-16(2,3)25-17(24-10)11-8-14(15(18)20-9-11)21-26(22,23)13-6-4-12(19)5-7-13/h4-9,21H,1H2,2-3H3. The Kier molecular flexibility index (Phi) is 4.72. The maximum absolute atomic E-state index is 13.0. The predicted molar refractivity (Wildman–Crippen MR) is 97.2 cm³/mol. The topological polar surface area (TPSA) is 77.5 Å². The third-order valence-electron chi connectivity index (χ3n) is 3.82. The molecule has 2 heterocycles. The lowest BCUT2D eigenvalue weighted by Gasteiger charge is -2.15. The summed E-state index contributed by atoms with van der Waals surface area (Å²) in [6.07, 6.45) is 1.43. The van der Waals surface area contributed by atoms with Crippen LogP contribution in [0.5, 0.6) is 0 Å². The minimum Gasteiger partial charge on any atom is -0.534 e. The third kappa shape index (κ3) is 3.69. The van der Waals surface area contributed by atoms with Gasteiger partial charge in [-0.15, -0.1) is 0 Å². The molecule has 1 aliphatic rings. The van der Waals surface area contributed by atoms with Crippen LogP contribution < -0.4 is 10.2 Å². The Labute approximate surface area is 156 Å². The van der Waals surface area contributed by atoms with Crippen molar-refractivity contribution in [3.05, 3.63) is 59.8 Å². The van der Waals surface area contributed by atoms with E-state index in [-0.39, 0.29) is 15.7 Å². The van der Waals surface area contributed by atoms with E-state index >= 15 is 0 Å². The quantitative estimate of drug-likeness (QED) is 0.635. The molecule has 0 unspecified atom stereocenters. The number of sulfonamides is 1. The van der Waals surface area contributed by atoms with Crippen LogP contribution in [-0.2, 0) is 19.3 Å². The summed E-state index contributed by atoms with van der Waals surface area (Å²) >= 11 is 6.01. The molecule has 3 rings (SSSR count). The van der Waals surface area contributed by atoms with E-state index in [0.29, 0.717) is 11.2 Å². The van der Waals surface area contributed by atoms with Gasteiger partial charge in [0.1, 0.15) is 11.4 Å². The van der Waals surface area contributed by atoms with E-state index in [2.05, 4.69) is 16.3 Å². The van der Waals surface area contributed by atoms with Gasteiger partial charge in [0.2, 0.25) is 0 Å². The van der Waals surface area contributed by atoms with Crippen molar-refractivity contribution < 1.29 is 22.1 Å². The van der Waals surface area contributed by atoms with Gasteiger partial charge in [-0.3, -0.25) is 4.72 Å². The lowest BCUT2D eigenvalue weighted by atomic mass is 9.80. The van der Waals surface area contributed by atoms with E-state index in [0.717, 1.165) is 24.3 Å². The molecule has 26 heavy (non-hydrogen) atoms. The van der Waals surface area contributed by atoms with Gasteiger partial charge in [-0.1, -0.05) is 18.2 Å². The van der Waals surface area contributed by atoms with Gasteiger partial charge in [0.25, 0.3) is 10.0 Å². The van der Waals surface area contributed by atoms with Crippen LogP contribution in [0.25, 0.3) is 0 Å². The molecule has 2 aromatic rings. The molecule has 10 heteroatoms. The van der Waals surface area contributed by atoms with Crippen molar-refractivity contribution in [1.29, 1.82) is 0 Å². The van der Waals surface area contributed by atoms with Crippen molar-refractivity contribution >= 4 is 39.9 Å². The Morgan fingerprint density at radius 1 is 1.31 bits per heavy atom. The molecule has 1 aromatic carbocycles. The SMILES string of the molecule is C=C1OB(c2cnc(Cl)c(NS(=O)(=O)c3ccc(F)cc3)c2)OC1(C)C. The first-order valence-electron chi connectivity index (χ1n) is 7.56. The van der Waals surface area contributed by atoms with Crippen molar-refractivity contribution in [3.63, 3.8) is 0 Å². The first kappa shape index (κ1) is 18.7. The van der Waals surface area contributed by atoms with Crippen molar-refractivity contribution in [2.45, 2.75) is 24.3 Å². The summed E-state index contributed by atoms with van der Waals surface area (Å²) in [5.41, 5.74) is -0.160. The van der Waals surface area contributed by atoms with Gasteiger partial charge in [0.15, 0.2) is 5.15 Å². The molecular weight excluding hydrogens is 382 g/mol. The molecule has 0 atom stereocenters. The van der Waals surface area contributed by atoms with E-state index in [1.165, 1.54) is 12.3 Å². The zero-order valence-corrected chi connectivity index (χ0v) is 15.6. The summed E-state index contributed by atoms with van der Waals surface area (Å²) in [5, 5.41) is -0.0458. The third-order valence-corrected chi connectivity index (χ3v) is 5.51. The number of rotatable bonds is 4. The second-order valence-electron chi connectivity index (χ2n) is 6.17. The molecule has 0 bridgehead atoms. The average molecular weight is 397 g/mol. The van der Waals surface area contributed by atoms with Crippen LogP contribution in [0.15, 0.2) is 53.8 Å². The van der Waals surface area contributed by atoms with Gasteiger partial charge in [-0.05, 0) is 44.2 Å². The molecule has 0 radical (unpaired) electrons. The van der Waals surface area contributed by atoms with Crippen molar-refractivity contribution in [3.8, 4) is 0 Å². The summed E-state index contributed by atoms with van der Waals surface area (Å²) in [6, 6.07) is 5.88. The fraction of sp³-hybridized carbons (Fsp3) is 0.188. The van der Waals surface area contributed by atoms with E-state index in [4.69, 9.17) is 20.9 Å². The van der Waals surface area contributed by atoms with E-state index in [9.17, 15) is 12.8 Å². The number of nitrogens with one attached hydrogen (secondary N) is 1. The minimum absolute atomic E-state index is 0.0458. The summed E-state index contributed by atoms with van der Waals surface area (Å²) < 4.78 is 51.6. The zero-order valence-electron chi connectivity index (χ0n) is 14.0. The molecule has 1 fully saturated rings. The molecule has 1 aliphatic heterocycles. The molecule has 136 valence electrons. The summed E-state index contributed by atoms with van der Waals surface area (Å²) in [5.74, 6) is -0.0880. The Morgan fingerprint density at radius 3 is 2.54 bits per heavy atom. The highest BCUT2D eigenvalue weighted by atomic mass is 35.5. The Bertz CT molecular complexity index is 967. The largest absolute Gasteiger partial charge is 0.565 e. The highest BCUT2D eigenvalue weighted by Gasteiger charge is 2.43. The number of pyridine rings is 1. The van der Waals surface area contributed by atoms with Crippen molar-refractivity contribution in [1.82, 2.24) is 4.98 Å². The Hall–Kier alpha value is -2.10. The van der Waals surface area contributed by atoms with E-state index < -0.39 is 28.6 Å².